The van der Waals surface area contributed by atoms with E-state index in [0.29, 0.717) is 12.6 Å². The van der Waals surface area contributed by atoms with Gasteiger partial charge in [0.05, 0.1) is 19.1 Å². The van der Waals surface area contributed by atoms with Gasteiger partial charge in [0.25, 0.3) is 0 Å². The summed E-state index contributed by atoms with van der Waals surface area (Å²) in [5.74, 6) is -0.231. The third-order valence-electron chi connectivity index (χ3n) is 2.63. The third kappa shape index (κ3) is 5.68. The average molecular weight is 242 g/mol. The second kappa shape index (κ2) is 6.59. The zero-order chi connectivity index (χ0) is 12.8. The highest BCUT2D eigenvalue weighted by atomic mass is 16.5. The molecular formula is C12H22N2O3. The van der Waals surface area contributed by atoms with Gasteiger partial charge in [-0.3, -0.25) is 9.59 Å². The minimum atomic E-state index is -0.278. The third-order valence-corrected chi connectivity index (χ3v) is 2.63. The van der Waals surface area contributed by atoms with Gasteiger partial charge in [-0.15, -0.1) is 0 Å². The second-order valence-electron chi connectivity index (χ2n) is 4.58. The highest BCUT2D eigenvalue weighted by molar-refractivity contribution is 5.82. The summed E-state index contributed by atoms with van der Waals surface area (Å²) < 4.78 is 4.85. The first-order chi connectivity index (χ1) is 8.02. The van der Waals surface area contributed by atoms with Crippen molar-refractivity contribution in [2.75, 3.05) is 6.61 Å². The maximum atomic E-state index is 11.7. The Hall–Kier alpha value is -1.10. The molecule has 1 amide bonds. The molecular weight excluding hydrogens is 220 g/mol. The van der Waals surface area contributed by atoms with E-state index in [1.807, 2.05) is 6.92 Å². The highest BCUT2D eigenvalue weighted by Gasteiger charge is 2.26. The van der Waals surface area contributed by atoms with Gasteiger partial charge < -0.3 is 15.4 Å². The molecule has 1 aliphatic carbocycles. The van der Waals surface area contributed by atoms with E-state index in [1.165, 1.54) is 0 Å². The highest BCUT2D eigenvalue weighted by Crippen LogP contribution is 2.18. The Morgan fingerprint density at radius 3 is 2.53 bits per heavy atom. The molecule has 2 atom stereocenters. The molecule has 0 aromatic rings. The van der Waals surface area contributed by atoms with E-state index in [0.717, 1.165) is 12.8 Å². The first kappa shape index (κ1) is 14.0. The topological polar surface area (TPSA) is 67.4 Å². The van der Waals surface area contributed by atoms with Crippen LogP contribution in [0.1, 0.15) is 40.0 Å². The Morgan fingerprint density at radius 1 is 1.35 bits per heavy atom. The van der Waals surface area contributed by atoms with Crippen LogP contribution in [0.15, 0.2) is 0 Å². The molecule has 1 rings (SSSR count). The van der Waals surface area contributed by atoms with E-state index in [2.05, 4.69) is 10.6 Å². The number of amides is 1. The van der Waals surface area contributed by atoms with Gasteiger partial charge in [0.2, 0.25) is 5.91 Å². The molecule has 0 spiro atoms. The average Bonchev–Trinajstić information content (AvgIpc) is 3.01. The van der Waals surface area contributed by atoms with Crippen molar-refractivity contribution in [1.82, 2.24) is 10.6 Å². The fourth-order valence-corrected chi connectivity index (χ4v) is 1.59. The normalized spacial score (nSPS) is 18.3. The van der Waals surface area contributed by atoms with Crippen LogP contribution in [-0.4, -0.2) is 36.6 Å². The van der Waals surface area contributed by atoms with E-state index >= 15 is 0 Å². The van der Waals surface area contributed by atoms with Gasteiger partial charge in [-0.25, -0.2) is 0 Å². The summed E-state index contributed by atoms with van der Waals surface area (Å²) in [5.41, 5.74) is 0. The number of hydrogen-bond donors (Lipinski definition) is 2. The van der Waals surface area contributed by atoms with Crippen LogP contribution < -0.4 is 10.6 Å². The largest absolute Gasteiger partial charge is 0.466 e. The van der Waals surface area contributed by atoms with Crippen LogP contribution in [0.2, 0.25) is 0 Å². The lowest BCUT2D eigenvalue weighted by atomic mass is 10.2. The molecule has 5 heteroatoms. The van der Waals surface area contributed by atoms with Gasteiger partial charge in [-0.05, 0) is 33.6 Å². The van der Waals surface area contributed by atoms with Crippen molar-refractivity contribution in [2.45, 2.75) is 58.2 Å². The van der Waals surface area contributed by atoms with Gasteiger partial charge in [-0.2, -0.15) is 0 Å². The number of hydrogen-bond acceptors (Lipinski definition) is 4. The van der Waals surface area contributed by atoms with Crippen LogP contribution in [0.25, 0.3) is 0 Å². The van der Waals surface area contributed by atoms with E-state index in [-0.39, 0.29) is 30.4 Å². The Balaban J connectivity index is 2.21. The molecule has 2 N–H and O–H groups in total. The fraction of sp³-hybridized carbons (Fsp3) is 0.833. The molecule has 0 radical (unpaired) electrons. The summed E-state index contributed by atoms with van der Waals surface area (Å²) in [7, 11) is 0. The number of ether oxygens (including phenoxy) is 1. The van der Waals surface area contributed by atoms with Crippen molar-refractivity contribution in [1.29, 1.82) is 0 Å². The van der Waals surface area contributed by atoms with Gasteiger partial charge in [0.15, 0.2) is 0 Å². The Bertz CT molecular complexity index is 277. The molecule has 1 aliphatic rings. The molecule has 1 fully saturated rings. The Morgan fingerprint density at radius 2 is 2.00 bits per heavy atom. The zero-order valence-electron chi connectivity index (χ0n) is 10.8. The maximum absolute atomic E-state index is 11.7. The van der Waals surface area contributed by atoms with Crippen LogP contribution in [0.5, 0.6) is 0 Å². The summed E-state index contributed by atoms with van der Waals surface area (Å²) in [6, 6.07) is 0.0288. The molecule has 1 saturated carbocycles. The minimum absolute atomic E-state index is 0.00297. The summed E-state index contributed by atoms with van der Waals surface area (Å²) in [6.45, 7) is 5.85. The van der Waals surface area contributed by atoms with Crippen LogP contribution in [0.3, 0.4) is 0 Å². The maximum Gasteiger partial charge on any atom is 0.307 e. The summed E-state index contributed by atoms with van der Waals surface area (Å²) in [4.78, 5) is 22.9. The standard InChI is InChI=1S/C12H22N2O3/c1-4-17-11(15)7-8(2)13-9(3)12(16)14-10-5-6-10/h8-10,13H,4-7H2,1-3H3,(H,14,16). The van der Waals surface area contributed by atoms with Crippen molar-refractivity contribution < 1.29 is 14.3 Å². The minimum Gasteiger partial charge on any atom is -0.466 e. The fourth-order valence-electron chi connectivity index (χ4n) is 1.59. The lowest BCUT2D eigenvalue weighted by Gasteiger charge is -2.18. The molecule has 0 bridgehead atoms. The van der Waals surface area contributed by atoms with Crippen LogP contribution in [0.4, 0.5) is 0 Å². The van der Waals surface area contributed by atoms with Gasteiger partial charge in [0.1, 0.15) is 0 Å². The van der Waals surface area contributed by atoms with Crippen molar-refractivity contribution in [3.8, 4) is 0 Å². The molecule has 0 aliphatic heterocycles. The molecule has 0 heterocycles. The van der Waals surface area contributed by atoms with E-state index in [9.17, 15) is 9.59 Å². The number of esters is 1. The Labute approximate surface area is 102 Å². The summed E-state index contributed by atoms with van der Waals surface area (Å²) in [6.07, 6.45) is 2.45. The lowest BCUT2D eigenvalue weighted by Crippen LogP contribution is -2.46. The monoisotopic (exact) mass is 242 g/mol. The first-order valence-electron chi connectivity index (χ1n) is 6.25. The van der Waals surface area contributed by atoms with Crippen molar-refractivity contribution in [2.24, 2.45) is 0 Å². The van der Waals surface area contributed by atoms with Crippen LogP contribution in [-0.2, 0) is 14.3 Å². The number of carbonyl (C=O) groups is 2. The Kier molecular flexibility index (Phi) is 5.41. The van der Waals surface area contributed by atoms with E-state index in [1.54, 1.807) is 13.8 Å². The molecule has 98 valence electrons. The molecule has 2 unspecified atom stereocenters. The molecule has 5 nitrogen and oxygen atoms in total. The van der Waals surface area contributed by atoms with Crippen LogP contribution >= 0.6 is 0 Å². The smallest absolute Gasteiger partial charge is 0.307 e. The van der Waals surface area contributed by atoms with Gasteiger partial charge in [-0.1, -0.05) is 0 Å². The zero-order valence-corrected chi connectivity index (χ0v) is 10.8. The number of rotatable bonds is 7. The second-order valence-corrected chi connectivity index (χ2v) is 4.58. The summed E-state index contributed by atoms with van der Waals surface area (Å²) >= 11 is 0. The summed E-state index contributed by atoms with van der Waals surface area (Å²) in [5, 5.41) is 6.01. The predicted octanol–water partition coefficient (Wildman–Crippen LogP) is 0.585. The van der Waals surface area contributed by atoms with Gasteiger partial charge >= 0.3 is 5.97 Å². The lowest BCUT2D eigenvalue weighted by molar-refractivity contribution is -0.143. The first-order valence-corrected chi connectivity index (χ1v) is 6.25. The van der Waals surface area contributed by atoms with E-state index < -0.39 is 0 Å². The number of nitrogens with one attached hydrogen (secondary N) is 2. The quantitative estimate of drug-likeness (QED) is 0.641. The molecule has 0 aromatic carbocycles. The van der Waals surface area contributed by atoms with E-state index in [4.69, 9.17) is 4.74 Å². The van der Waals surface area contributed by atoms with Crippen molar-refractivity contribution in [3.63, 3.8) is 0 Å². The SMILES string of the molecule is CCOC(=O)CC(C)NC(C)C(=O)NC1CC1. The van der Waals surface area contributed by atoms with Crippen molar-refractivity contribution >= 4 is 11.9 Å². The molecule has 0 saturated heterocycles. The molecule has 17 heavy (non-hydrogen) atoms. The number of carbonyl (C=O) groups excluding carboxylic acids is 2. The molecule has 0 aromatic heterocycles. The van der Waals surface area contributed by atoms with Crippen LogP contribution in [0, 0.1) is 0 Å². The van der Waals surface area contributed by atoms with Gasteiger partial charge in [0, 0.05) is 12.1 Å². The van der Waals surface area contributed by atoms with Crippen molar-refractivity contribution in [3.05, 3.63) is 0 Å². The predicted molar refractivity (Wildman–Crippen MR) is 64.5 cm³/mol.